The molecule has 0 aromatic rings. The zero-order valence-electron chi connectivity index (χ0n) is 8.23. The minimum Gasteiger partial charge on any atom is -0.353 e. The summed E-state index contributed by atoms with van der Waals surface area (Å²) in [4.78, 5) is 11.8. The molecule has 0 spiro atoms. The van der Waals surface area contributed by atoms with E-state index in [9.17, 15) is 4.79 Å². The van der Waals surface area contributed by atoms with E-state index >= 15 is 0 Å². The number of amides is 1. The van der Waals surface area contributed by atoms with Crippen molar-refractivity contribution in [1.29, 1.82) is 0 Å². The Morgan fingerprint density at radius 3 is 2.77 bits per heavy atom. The van der Waals surface area contributed by atoms with Crippen molar-refractivity contribution >= 4 is 5.91 Å². The van der Waals surface area contributed by atoms with E-state index in [0.717, 1.165) is 19.5 Å². The lowest BCUT2D eigenvalue weighted by atomic mass is 9.86. The maximum atomic E-state index is 11.8. The van der Waals surface area contributed by atoms with Crippen LogP contribution in [-0.4, -0.2) is 25.0 Å². The Morgan fingerprint density at radius 2 is 2.31 bits per heavy atom. The Hall–Kier alpha value is -0.570. The summed E-state index contributed by atoms with van der Waals surface area (Å²) in [6.07, 6.45) is 4.61. The third-order valence-electron chi connectivity index (χ3n) is 3.36. The Labute approximate surface area is 79.3 Å². The number of carbonyl (C=O) groups excluding carboxylic acids is 1. The molecular formula is C10H18N2O. The van der Waals surface area contributed by atoms with E-state index in [1.54, 1.807) is 0 Å². The average Bonchev–Trinajstić information content (AvgIpc) is 2.45. The number of nitrogens with one attached hydrogen (secondary N) is 2. The van der Waals surface area contributed by atoms with Crippen molar-refractivity contribution in [2.75, 3.05) is 13.1 Å². The molecule has 3 nitrogen and oxygen atoms in total. The van der Waals surface area contributed by atoms with Crippen molar-refractivity contribution in [3.63, 3.8) is 0 Å². The second kappa shape index (κ2) is 3.29. The van der Waals surface area contributed by atoms with Crippen LogP contribution in [0.2, 0.25) is 0 Å². The van der Waals surface area contributed by atoms with Crippen LogP contribution in [0, 0.1) is 5.41 Å². The Kier molecular flexibility index (Phi) is 2.28. The van der Waals surface area contributed by atoms with Crippen molar-refractivity contribution in [2.45, 2.75) is 38.6 Å². The molecule has 1 saturated heterocycles. The van der Waals surface area contributed by atoms with Crippen molar-refractivity contribution in [1.82, 2.24) is 10.6 Å². The quantitative estimate of drug-likeness (QED) is 0.658. The van der Waals surface area contributed by atoms with Gasteiger partial charge in [-0.3, -0.25) is 4.79 Å². The van der Waals surface area contributed by atoms with Gasteiger partial charge in [-0.05, 0) is 39.2 Å². The summed E-state index contributed by atoms with van der Waals surface area (Å²) in [7, 11) is 0. The molecule has 2 rings (SSSR count). The molecule has 2 aliphatic rings. The highest BCUT2D eigenvalue weighted by atomic mass is 16.2. The van der Waals surface area contributed by atoms with Crippen LogP contribution in [-0.2, 0) is 4.79 Å². The molecule has 1 saturated carbocycles. The minimum atomic E-state index is -0.143. The largest absolute Gasteiger partial charge is 0.353 e. The SMILES string of the molecule is CC1(C(=O)NC2CCC2)CCNC1. The summed E-state index contributed by atoms with van der Waals surface area (Å²) in [5, 5.41) is 6.36. The van der Waals surface area contributed by atoms with E-state index < -0.39 is 0 Å². The second-order valence-electron chi connectivity index (χ2n) is 4.59. The van der Waals surface area contributed by atoms with Gasteiger partial charge in [-0.1, -0.05) is 0 Å². The number of hydrogen-bond donors (Lipinski definition) is 2. The maximum Gasteiger partial charge on any atom is 0.227 e. The average molecular weight is 182 g/mol. The lowest BCUT2D eigenvalue weighted by Gasteiger charge is -2.31. The van der Waals surface area contributed by atoms with E-state index in [2.05, 4.69) is 17.6 Å². The van der Waals surface area contributed by atoms with Crippen LogP contribution in [0.15, 0.2) is 0 Å². The molecule has 2 N–H and O–H groups in total. The van der Waals surface area contributed by atoms with E-state index in [0.29, 0.717) is 6.04 Å². The van der Waals surface area contributed by atoms with Gasteiger partial charge in [-0.15, -0.1) is 0 Å². The predicted octanol–water partition coefficient (Wildman–Crippen LogP) is 0.655. The topological polar surface area (TPSA) is 41.1 Å². The van der Waals surface area contributed by atoms with Gasteiger partial charge in [0.15, 0.2) is 0 Å². The van der Waals surface area contributed by atoms with Gasteiger partial charge in [0.2, 0.25) is 5.91 Å². The first-order valence-corrected chi connectivity index (χ1v) is 5.22. The number of hydrogen-bond acceptors (Lipinski definition) is 2. The zero-order valence-corrected chi connectivity index (χ0v) is 8.23. The van der Waals surface area contributed by atoms with E-state index in [-0.39, 0.29) is 11.3 Å². The fraction of sp³-hybridized carbons (Fsp3) is 0.900. The maximum absolute atomic E-state index is 11.8. The van der Waals surface area contributed by atoms with Crippen molar-refractivity contribution < 1.29 is 4.79 Å². The molecule has 0 aromatic carbocycles. The van der Waals surface area contributed by atoms with Crippen LogP contribution < -0.4 is 10.6 Å². The van der Waals surface area contributed by atoms with Gasteiger partial charge >= 0.3 is 0 Å². The molecule has 74 valence electrons. The van der Waals surface area contributed by atoms with Gasteiger partial charge in [0.1, 0.15) is 0 Å². The fourth-order valence-corrected chi connectivity index (χ4v) is 1.92. The van der Waals surface area contributed by atoms with Gasteiger partial charge in [0, 0.05) is 12.6 Å². The number of carbonyl (C=O) groups is 1. The molecule has 1 atom stereocenters. The highest BCUT2D eigenvalue weighted by molar-refractivity contribution is 5.83. The highest BCUT2D eigenvalue weighted by Gasteiger charge is 2.37. The molecule has 13 heavy (non-hydrogen) atoms. The molecule has 1 amide bonds. The molecule has 1 aliphatic heterocycles. The zero-order chi connectivity index (χ0) is 9.31. The summed E-state index contributed by atoms with van der Waals surface area (Å²) in [6, 6.07) is 0.477. The van der Waals surface area contributed by atoms with Crippen LogP contribution in [0.5, 0.6) is 0 Å². The molecule has 0 radical (unpaired) electrons. The van der Waals surface area contributed by atoms with Gasteiger partial charge < -0.3 is 10.6 Å². The number of rotatable bonds is 2. The normalized spacial score (nSPS) is 34.2. The predicted molar refractivity (Wildman–Crippen MR) is 51.4 cm³/mol. The molecule has 3 heteroatoms. The first-order valence-electron chi connectivity index (χ1n) is 5.22. The van der Waals surface area contributed by atoms with Gasteiger partial charge in [-0.2, -0.15) is 0 Å². The summed E-state index contributed by atoms with van der Waals surface area (Å²) < 4.78 is 0. The van der Waals surface area contributed by atoms with E-state index in [1.165, 1.54) is 19.3 Å². The standard InChI is InChI=1S/C10H18N2O/c1-10(5-6-11-7-10)9(13)12-8-3-2-4-8/h8,11H,2-7H2,1H3,(H,12,13). The molecular weight excluding hydrogens is 164 g/mol. The van der Waals surface area contributed by atoms with Crippen LogP contribution in [0.4, 0.5) is 0 Å². The Bertz CT molecular complexity index is 205. The smallest absolute Gasteiger partial charge is 0.227 e. The van der Waals surface area contributed by atoms with Gasteiger partial charge in [0.05, 0.1) is 5.41 Å². The second-order valence-corrected chi connectivity index (χ2v) is 4.59. The monoisotopic (exact) mass is 182 g/mol. The summed E-state index contributed by atoms with van der Waals surface area (Å²) >= 11 is 0. The van der Waals surface area contributed by atoms with Crippen molar-refractivity contribution in [3.05, 3.63) is 0 Å². The highest BCUT2D eigenvalue weighted by Crippen LogP contribution is 2.26. The van der Waals surface area contributed by atoms with Crippen LogP contribution in [0.1, 0.15) is 32.6 Å². The Balaban J connectivity index is 1.87. The molecule has 1 heterocycles. The van der Waals surface area contributed by atoms with E-state index in [1.807, 2.05) is 0 Å². The van der Waals surface area contributed by atoms with Gasteiger partial charge in [-0.25, -0.2) is 0 Å². The molecule has 1 aliphatic carbocycles. The van der Waals surface area contributed by atoms with Crippen LogP contribution in [0.25, 0.3) is 0 Å². The summed E-state index contributed by atoms with van der Waals surface area (Å²) in [6.45, 7) is 3.88. The fourth-order valence-electron chi connectivity index (χ4n) is 1.92. The van der Waals surface area contributed by atoms with Gasteiger partial charge in [0.25, 0.3) is 0 Å². The molecule has 0 aromatic heterocycles. The lowest BCUT2D eigenvalue weighted by Crippen LogP contribution is -2.47. The first-order chi connectivity index (χ1) is 6.21. The van der Waals surface area contributed by atoms with Crippen LogP contribution in [0.3, 0.4) is 0 Å². The third kappa shape index (κ3) is 1.70. The van der Waals surface area contributed by atoms with E-state index in [4.69, 9.17) is 0 Å². The lowest BCUT2D eigenvalue weighted by molar-refractivity contribution is -0.130. The van der Waals surface area contributed by atoms with Crippen LogP contribution >= 0.6 is 0 Å². The molecule has 2 fully saturated rings. The first kappa shape index (κ1) is 9.00. The minimum absolute atomic E-state index is 0.143. The summed E-state index contributed by atoms with van der Waals surface area (Å²) in [5.74, 6) is 0.252. The molecule has 1 unspecified atom stereocenters. The summed E-state index contributed by atoms with van der Waals surface area (Å²) in [5.41, 5.74) is -0.143. The third-order valence-corrected chi connectivity index (χ3v) is 3.36. The van der Waals surface area contributed by atoms with Crippen molar-refractivity contribution in [3.8, 4) is 0 Å². The molecule has 0 bridgehead atoms. The van der Waals surface area contributed by atoms with Crippen molar-refractivity contribution in [2.24, 2.45) is 5.41 Å². The Morgan fingerprint density at radius 1 is 1.54 bits per heavy atom.